The first-order chi connectivity index (χ1) is 13.7. The smallest absolute Gasteiger partial charge is 0.336 e. The first-order valence-electron chi connectivity index (χ1n) is 11.4. The van der Waals surface area contributed by atoms with E-state index in [9.17, 15) is 9.90 Å². The van der Waals surface area contributed by atoms with E-state index >= 15 is 0 Å². The van der Waals surface area contributed by atoms with Crippen molar-refractivity contribution in [3.05, 3.63) is 53.6 Å². The molecule has 0 atom stereocenters. The maximum absolute atomic E-state index is 11.6. The van der Waals surface area contributed by atoms with Crippen LogP contribution in [0.1, 0.15) is 102 Å². The van der Waals surface area contributed by atoms with Crippen molar-refractivity contribution < 1.29 is 9.90 Å². The van der Waals surface area contributed by atoms with Crippen molar-refractivity contribution in [2.45, 2.75) is 90.4 Å². The Morgan fingerprint density at radius 3 is 2.29 bits per heavy atom. The molecule has 0 saturated heterocycles. The van der Waals surface area contributed by atoms with Crippen LogP contribution < -0.4 is 0 Å². The Bertz CT molecular complexity index is 631. The second-order valence-corrected chi connectivity index (χ2v) is 8.26. The van der Waals surface area contributed by atoms with Gasteiger partial charge in [-0.3, -0.25) is 0 Å². The molecule has 0 unspecified atom stereocenters. The number of carbonyl (C=O) groups is 1. The van der Waals surface area contributed by atoms with Crippen molar-refractivity contribution in [1.82, 2.24) is 0 Å². The standard InChI is InChI=1S/C26H38O2/c1-3-5-7-8-10-11-21-13-15-22(16-14-21)23-17-19-24(20-18-23)25(26(27)28)12-9-6-4-2/h6,9,12,17-22H,3-5,7-8,10-11,13-16H2,1-2H3,(H,27,28)/t21-,22-. The molecule has 1 aromatic carbocycles. The minimum absolute atomic E-state index is 0.364. The Balaban J connectivity index is 1.86. The van der Waals surface area contributed by atoms with E-state index in [1.165, 1.54) is 69.8 Å². The van der Waals surface area contributed by atoms with E-state index in [-0.39, 0.29) is 0 Å². The van der Waals surface area contributed by atoms with Gasteiger partial charge in [-0.25, -0.2) is 4.79 Å². The van der Waals surface area contributed by atoms with Gasteiger partial charge in [-0.1, -0.05) is 88.8 Å². The minimum atomic E-state index is -0.868. The van der Waals surface area contributed by atoms with Crippen molar-refractivity contribution in [3.8, 4) is 0 Å². The summed E-state index contributed by atoms with van der Waals surface area (Å²) in [6.45, 7) is 4.32. The van der Waals surface area contributed by atoms with Crippen molar-refractivity contribution in [2.75, 3.05) is 0 Å². The van der Waals surface area contributed by atoms with Crippen LogP contribution >= 0.6 is 0 Å². The molecule has 1 aromatic rings. The summed E-state index contributed by atoms with van der Waals surface area (Å²) in [4.78, 5) is 11.6. The van der Waals surface area contributed by atoms with E-state index in [0.29, 0.717) is 11.5 Å². The SMILES string of the molecule is CCC=CC=C(C(=O)O)c1ccc([C@H]2CC[C@H](CCCCCCC)CC2)cc1. The Morgan fingerprint density at radius 2 is 1.68 bits per heavy atom. The lowest BCUT2D eigenvalue weighted by Crippen LogP contribution is -2.13. The topological polar surface area (TPSA) is 37.3 Å². The van der Waals surface area contributed by atoms with Crippen LogP contribution in [0, 0.1) is 5.92 Å². The maximum Gasteiger partial charge on any atom is 0.336 e. The van der Waals surface area contributed by atoms with Crippen molar-refractivity contribution in [2.24, 2.45) is 5.92 Å². The van der Waals surface area contributed by atoms with Gasteiger partial charge in [0.2, 0.25) is 0 Å². The maximum atomic E-state index is 11.6. The molecule has 0 aromatic heterocycles. The lowest BCUT2D eigenvalue weighted by molar-refractivity contribution is -0.130. The average Bonchev–Trinajstić information content (AvgIpc) is 2.72. The molecule has 0 heterocycles. The van der Waals surface area contributed by atoms with E-state index in [1.807, 2.05) is 31.2 Å². The molecule has 0 spiro atoms. The Morgan fingerprint density at radius 1 is 1.00 bits per heavy atom. The van der Waals surface area contributed by atoms with Crippen LogP contribution in [0.2, 0.25) is 0 Å². The fourth-order valence-electron chi connectivity index (χ4n) is 4.35. The van der Waals surface area contributed by atoms with Crippen LogP contribution in [0.15, 0.2) is 42.5 Å². The van der Waals surface area contributed by atoms with Crippen LogP contribution in [0.4, 0.5) is 0 Å². The van der Waals surface area contributed by atoms with Crippen molar-refractivity contribution >= 4 is 11.5 Å². The molecule has 2 rings (SSSR count). The number of rotatable bonds is 11. The molecule has 2 nitrogen and oxygen atoms in total. The highest BCUT2D eigenvalue weighted by atomic mass is 16.4. The normalized spacial score (nSPS) is 20.6. The second-order valence-electron chi connectivity index (χ2n) is 8.26. The van der Waals surface area contributed by atoms with Gasteiger partial charge in [0, 0.05) is 0 Å². The highest BCUT2D eigenvalue weighted by Crippen LogP contribution is 2.38. The number of carboxylic acids is 1. The number of allylic oxidation sites excluding steroid dienone is 3. The van der Waals surface area contributed by atoms with Crippen LogP contribution in [0.5, 0.6) is 0 Å². The molecular weight excluding hydrogens is 344 g/mol. The van der Waals surface area contributed by atoms with Crippen LogP contribution in [-0.4, -0.2) is 11.1 Å². The Kier molecular flexibility index (Phi) is 10.1. The average molecular weight is 383 g/mol. The summed E-state index contributed by atoms with van der Waals surface area (Å²) in [6.07, 6.45) is 20.0. The zero-order valence-corrected chi connectivity index (χ0v) is 17.8. The molecule has 1 aliphatic carbocycles. The van der Waals surface area contributed by atoms with Crippen molar-refractivity contribution in [3.63, 3.8) is 0 Å². The predicted molar refractivity (Wildman–Crippen MR) is 120 cm³/mol. The first kappa shape index (κ1) is 22.5. The molecule has 1 fully saturated rings. The van der Waals surface area contributed by atoms with E-state index in [1.54, 1.807) is 6.08 Å². The quantitative estimate of drug-likeness (QED) is 0.241. The summed E-state index contributed by atoms with van der Waals surface area (Å²) in [7, 11) is 0. The van der Waals surface area contributed by atoms with Crippen LogP contribution in [0.25, 0.3) is 5.57 Å². The molecule has 1 saturated carbocycles. The number of aliphatic carboxylic acids is 1. The number of hydrogen-bond acceptors (Lipinski definition) is 1. The molecule has 0 radical (unpaired) electrons. The Labute approximate surface area is 171 Å². The van der Waals surface area contributed by atoms with Gasteiger partial charge in [-0.2, -0.15) is 0 Å². The molecule has 0 bridgehead atoms. The zero-order chi connectivity index (χ0) is 20.2. The van der Waals surface area contributed by atoms with Gasteiger partial charge >= 0.3 is 5.97 Å². The molecule has 2 heteroatoms. The highest BCUT2D eigenvalue weighted by Gasteiger charge is 2.22. The van der Waals surface area contributed by atoms with Gasteiger partial charge in [0.1, 0.15) is 0 Å². The number of carboxylic acid groups (broad SMARTS) is 1. The van der Waals surface area contributed by atoms with E-state index in [2.05, 4.69) is 19.1 Å². The van der Waals surface area contributed by atoms with E-state index in [4.69, 9.17) is 0 Å². The predicted octanol–water partition coefficient (Wildman–Crippen LogP) is 7.76. The van der Waals surface area contributed by atoms with Gasteiger partial charge < -0.3 is 5.11 Å². The highest BCUT2D eigenvalue weighted by molar-refractivity contribution is 6.15. The van der Waals surface area contributed by atoms with Crippen LogP contribution in [-0.2, 0) is 4.79 Å². The summed E-state index contributed by atoms with van der Waals surface area (Å²) >= 11 is 0. The van der Waals surface area contributed by atoms with Gasteiger partial charge in [-0.15, -0.1) is 0 Å². The number of unbranched alkanes of at least 4 members (excludes halogenated alkanes) is 4. The lowest BCUT2D eigenvalue weighted by atomic mass is 9.77. The fourth-order valence-corrected chi connectivity index (χ4v) is 4.35. The Hall–Kier alpha value is -1.83. The lowest BCUT2D eigenvalue weighted by Gasteiger charge is -2.29. The molecule has 1 aliphatic rings. The molecule has 0 amide bonds. The second kappa shape index (κ2) is 12.6. The monoisotopic (exact) mass is 382 g/mol. The zero-order valence-electron chi connectivity index (χ0n) is 17.8. The number of hydrogen-bond donors (Lipinski definition) is 1. The van der Waals surface area contributed by atoms with Gasteiger partial charge in [0.05, 0.1) is 5.57 Å². The molecule has 28 heavy (non-hydrogen) atoms. The summed E-state index contributed by atoms with van der Waals surface area (Å²) in [5.74, 6) is 0.694. The summed E-state index contributed by atoms with van der Waals surface area (Å²) in [5.41, 5.74) is 2.53. The fraction of sp³-hybridized carbons (Fsp3) is 0.577. The number of benzene rings is 1. The van der Waals surface area contributed by atoms with Crippen LogP contribution in [0.3, 0.4) is 0 Å². The minimum Gasteiger partial charge on any atom is -0.478 e. The third-order valence-electron chi connectivity index (χ3n) is 6.12. The first-order valence-corrected chi connectivity index (χ1v) is 11.4. The molecular formula is C26H38O2. The largest absolute Gasteiger partial charge is 0.478 e. The summed E-state index contributed by atoms with van der Waals surface area (Å²) in [5, 5.41) is 9.49. The van der Waals surface area contributed by atoms with Gasteiger partial charge in [-0.05, 0) is 61.1 Å². The molecule has 0 aliphatic heterocycles. The summed E-state index contributed by atoms with van der Waals surface area (Å²) < 4.78 is 0. The van der Waals surface area contributed by atoms with Crippen molar-refractivity contribution in [1.29, 1.82) is 0 Å². The molecule has 154 valence electrons. The van der Waals surface area contributed by atoms with Gasteiger partial charge in [0.25, 0.3) is 0 Å². The summed E-state index contributed by atoms with van der Waals surface area (Å²) in [6, 6.07) is 8.25. The van der Waals surface area contributed by atoms with E-state index in [0.717, 1.165) is 17.9 Å². The van der Waals surface area contributed by atoms with E-state index < -0.39 is 5.97 Å². The van der Waals surface area contributed by atoms with Gasteiger partial charge in [0.15, 0.2) is 0 Å². The molecule has 1 N–H and O–H groups in total. The third kappa shape index (κ3) is 7.30. The third-order valence-corrected chi connectivity index (χ3v) is 6.12.